The number of benzene rings is 2. The van der Waals surface area contributed by atoms with Crippen molar-refractivity contribution in [2.45, 2.75) is 25.7 Å². The van der Waals surface area contributed by atoms with Gasteiger partial charge < -0.3 is 9.42 Å². The van der Waals surface area contributed by atoms with E-state index in [4.69, 9.17) is 4.52 Å². The quantitative estimate of drug-likeness (QED) is 0.633. The van der Waals surface area contributed by atoms with E-state index in [0.29, 0.717) is 24.8 Å². The van der Waals surface area contributed by atoms with Crippen LogP contribution in [0, 0.1) is 6.92 Å². The molecule has 4 rings (SSSR count). The fourth-order valence-corrected chi connectivity index (χ4v) is 3.40. The SMILES string of the molecule is Cc1ccc(-c2noc(C3CCN(C(=O)/C=C/c4ccccc4)CC3)n2)cc1. The number of piperidine rings is 1. The van der Waals surface area contributed by atoms with Crippen LogP contribution in [-0.4, -0.2) is 34.0 Å². The molecule has 28 heavy (non-hydrogen) atoms. The number of carbonyl (C=O) groups excluding carboxylic acids is 1. The summed E-state index contributed by atoms with van der Waals surface area (Å²) in [6.45, 7) is 3.45. The van der Waals surface area contributed by atoms with Gasteiger partial charge >= 0.3 is 0 Å². The van der Waals surface area contributed by atoms with Gasteiger partial charge in [0.1, 0.15) is 0 Å². The topological polar surface area (TPSA) is 59.2 Å². The summed E-state index contributed by atoms with van der Waals surface area (Å²) in [5.74, 6) is 1.55. The first kappa shape index (κ1) is 18.2. The van der Waals surface area contributed by atoms with E-state index in [1.165, 1.54) is 5.56 Å². The molecule has 0 bridgehead atoms. The third kappa shape index (κ3) is 4.19. The molecule has 5 heteroatoms. The molecule has 3 aromatic rings. The molecular formula is C23H23N3O2. The van der Waals surface area contributed by atoms with Gasteiger partial charge in [0.2, 0.25) is 17.6 Å². The molecule has 0 unspecified atom stereocenters. The monoisotopic (exact) mass is 373 g/mol. The Kier molecular flexibility index (Phi) is 5.33. The van der Waals surface area contributed by atoms with E-state index in [1.54, 1.807) is 6.08 Å². The zero-order chi connectivity index (χ0) is 19.3. The molecule has 1 aliphatic heterocycles. The van der Waals surface area contributed by atoms with E-state index in [-0.39, 0.29) is 11.8 Å². The second-order valence-electron chi connectivity index (χ2n) is 7.17. The third-order valence-corrected chi connectivity index (χ3v) is 5.13. The molecule has 142 valence electrons. The fourth-order valence-electron chi connectivity index (χ4n) is 3.40. The predicted octanol–water partition coefficient (Wildman–Crippen LogP) is 4.46. The van der Waals surface area contributed by atoms with Crippen molar-refractivity contribution in [3.05, 3.63) is 77.7 Å². The van der Waals surface area contributed by atoms with Crippen LogP contribution in [-0.2, 0) is 4.79 Å². The smallest absolute Gasteiger partial charge is 0.246 e. The molecule has 0 spiro atoms. The average molecular weight is 373 g/mol. The predicted molar refractivity (Wildman–Crippen MR) is 109 cm³/mol. The van der Waals surface area contributed by atoms with Crippen molar-refractivity contribution < 1.29 is 9.32 Å². The second-order valence-corrected chi connectivity index (χ2v) is 7.17. The van der Waals surface area contributed by atoms with E-state index in [2.05, 4.69) is 17.1 Å². The highest BCUT2D eigenvalue weighted by Gasteiger charge is 2.26. The molecule has 2 heterocycles. The van der Waals surface area contributed by atoms with Gasteiger partial charge in [-0.15, -0.1) is 0 Å². The summed E-state index contributed by atoms with van der Waals surface area (Å²) in [6.07, 6.45) is 5.18. The Morgan fingerprint density at radius 3 is 2.50 bits per heavy atom. The maximum absolute atomic E-state index is 12.4. The van der Waals surface area contributed by atoms with E-state index in [1.807, 2.05) is 65.6 Å². The van der Waals surface area contributed by atoms with Gasteiger partial charge in [-0.2, -0.15) is 4.98 Å². The summed E-state index contributed by atoms with van der Waals surface area (Å²) in [5.41, 5.74) is 3.19. The maximum Gasteiger partial charge on any atom is 0.246 e. The lowest BCUT2D eigenvalue weighted by atomic mass is 9.96. The van der Waals surface area contributed by atoms with E-state index < -0.39 is 0 Å². The highest BCUT2D eigenvalue weighted by Crippen LogP contribution is 2.28. The fraction of sp³-hybridized carbons (Fsp3) is 0.261. The molecule has 1 saturated heterocycles. The van der Waals surface area contributed by atoms with Gasteiger partial charge in [-0.1, -0.05) is 65.3 Å². The average Bonchev–Trinajstić information content (AvgIpc) is 3.24. The van der Waals surface area contributed by atoms with Gasteiger partial charge in [-0.3, -0.25) is 4.79 Å². The number of hydrogen-bond donors (Lipinski definition) is 0. The zero-order valence-corrected chi connectivity index (χ0v) is 15.9. The van der Waals surface area contributed by atoms with Gasteiger partial charge in [-0.05, 0) is 31.4 Å². The van der Waals surface area contributed by atoms with Gasteiger partial charge in [0.05, 0.1) is 0 Å². The van der Waals surface area contributed by atoms with Crippen molar-refractivity contribution in [3.63, 3.8) is 0 Å². The van der Waals surface area contributed by atoms with Gasteiger partial charge in [0.15, 0.2) is 0 Å². The Labute approximate surface area is 164 Å². The van der Waals surface area contributed by atoms with Crippen molar-refractivity contribution in [1.82, 2.24) is 15.0 Å². The minimum absolute atomic E-state index is 0.0492. The highest BCUT2D eigenvalue weighted by molar-refractivity contribution is 5.91. The Morgan fingerprint density at radius 2 is 1.79 bits per heavy atom. The van der Waals surface area contributed by atoms with Crippen molar-refractivity contribution in [3.8, 4) is 11.4 Å². The van der Waals surface area contributed by atoms with Gasteiger partial charge in [-0.25, -0.2) is 0 Å². The summed E-state index contributed by atoms with van der Waals surface area (Å²) in [4.78, 5) is 18.9. The summed E-state index contributed by atoms with van der Waals surface area (Å²) in [7, 11) is 0. The zero-order valence-electron chi connectivity index (χ0n) is 15.9. The number of hydrogen-bond acceptors (Lipinski definition) is 4. The Hall–Kier alpha value is -3.21. The first-order valence-corrected chi connectivity index (χ1v) is 9.62. The van der Waals surface area contributed by atoms with Crippen LogP contribution in [0.15, 0.2) is 65.2 Å². The van der Waals surface area contributed by atoms with Crippen LogP contribution >= 0.6 is 0 Å². The molecule has 0 atom stereocenters. The molecule has 1 aliphatic rings. The molecule has 0 radical (unpaired) electrons. The Bertz CT molecular complexity index is 953. The van der Waals surface area contributed by atoms with E-state index in [9.17, 15) is 4.79 Å². The van der Waals surface area contributed by atoms with Crippen LogP contribution in [0.2, 0.25) is 0 Å². The lowest BCUT2D eigenvalue weighted by molar-refractivity contribution is -0.127. The summed E-state index contributed by atoms with van der Waals surface area (Å²) in [5, 5.41) is 4.13. The van der Waals surface area contributed by atoms with Crippen LogP contribution in [0.3, 0.4) is 0 Å². The van der Waals surface area contributed by atoms with Crippen LogP contribution in [0.1, 0.15) is 35.8 Å². The summed E-state index contributed by atoms with van der Waals surface area (Å²) < 4.78 is 5.51. The van der Waals surface area contributed by atoms with Crippen LogP contribution < -0.4 is 0 Å². The Morgan fingerprint density at radius 1 is 1.07 bits per heavy atom. The minimum atomic E-state index is 0.0492. The van der Waals surface area contributed by atoms with Crippen molar-refractivity contribution >= 4 is 12.0 Å². The molecule has 5 nitrogen and oxygen atoms in total. The normalized spacial score (nSPS) is 15.2. The number of aromatic nitrogens is 2. The molecule has 1 aromatic heterocycles. The van der Waals surface area contributed by atoms with Crippen LogP contribution in [0.5, 0.6) is 0 Å². The Balaban J connectivity index is 1.35. The van der Waals surface area contributed by atoms with Gasteiger partial charge in [0.25, 0.3) is 0 Å². The van der Waals surface area contributed by atoms with Gasteiger partial charge in [0, 0.05) is 30.6 Å². The maximum atomic E-state index is 12.4. The summed E-state index contributed by atoms with van der Waals surface area (Å²) in [6, 6.07) is 17.9. The number of carbonyl (C=O) groups is 1. The molecule has 0 N–H and O–H groups in total. The third-order valence-electron chi connectivity index (χ3n) is 5.13. The number of likely N-dealkylation sites (tertiary alicyclic amines) is 1. The first-order valence-electron chi connectivity index (χ1n) is 9.62. The van der Waals surface area contributed by atoms with Crippen molar-refractivity contribution in [2.24, 2.45) is 0 Å². The molecular weight excluding hydrogens is 350 g/mol. The second kappa shape index (κ2) is 8.21. The number of amides is 1. The standard InChI is InChI=1S/C23H23N3O2/c1-17-7-10-19(11-8-17)22-24-23(28-25-22)20-13-15-26(16-14-20)21(27)12-9-18-5-3-2-4-6-18/h2-12,20H,13-16H2,1H3/b12-9+. The first-order chi connectivity index (χ1) is 13.7. The lowest BCUT2D eigenvalue weighted by Crippen LogP contribution is -2.36. The highest BCUT2D eigenvalue weighted by atomic mass is 16.5. The molecule has 0 aliphatic carbocycles. The van der Waals surface area contributed by atoms with Crippen molar-refractivity contribution in [1.29, 1.82) is 0 Å². The molecule has 0 saturated carbocycles. The van der Waals surface area contributed by atoms with Crippen molar-refractivity contribution in [2.75, 3.05) is 13.1 Å². The summed E-state index contributed by atoms with van der Waals surface area (Å²) >= 11 is 0. The molecule has 1 fully saturated rings. The van der Waals surface area contributed by atoms with Crippen LogP contribution in [0.4, 0.5) is 0 Å². The number of rotatable bonds is 4. The van der Waals surface area contributed by atoms with E-state index in [0.717, 1.165) is 24.0 Å². The molecule has 1 amide bonds. The van der Waals surface area contributed by atoms with Crippen LogP contribution in [0.25, 0.3) is 17.5 Å². The number of aryl methyl sites for hydroxylation is 1. The largest absolute Gasteiger partial charge is 0.339 e. The molecule has 2 aromatic carbocycles. The minimum Gasteiger partial charge on any atom is -0.339 e. The lowest BCUT2D eigenvalue weighted by Gasteiger charge is -2.29. The number of nitrogens with zero attached hydrogens (tertiary/aromatic N) is 3. The van der Waals surface area contributed by atoms with E-state index >= 15 is 0 Å².